The molecule has 1 saturated heterocycles. The summed E-state index contributed by atoms with van der Waals surface area (Å²) in [6.45, 7) is 6.67. The zero-order valence-electron chi connectivity index (χ0n) is 9.75. The Bertz CT molecular complexity index is 397. The molecule has 1 N–H and O–H groups in total. The van der Waals surface area contributed by atoms with Gasteiger partial charge in [0.05, 0.1) is 23.5 Å². The first-order chi connectivity index (χ1) is 7.58. The average Bonchev–Trinajstić information content (AvgIpc) is 2.61. The van der Waals surface area contributed by atoms with Gasteiger partial charge in [0.1, 0.15) is 0 Å². The topological polar surface area (TPSA) is 47.0 Å². The maximum atomic E-state index is 6.05. The van der Waals surface area contributed by atoms with Crippen molar-refractivity contribution in [3.8, 4) is 0 Å². The predicted octanol–water partition coefficient (Wildman–Crippen LogP) is 2.34. The van der Waals surface area contributed by atoms with E-state index in [9.17, 15) is 0 Å². The van der Waals surface area contributed by atoms with Gasteiger partial charge >= 0.3 is 0 Å². The number of halogens is 1. The van der Waals surface area contributed by atoms with Crippen molar-refractivity contribution in [2.75, 3.05) is 11.9 Å². The lowest BCUT2D eigenvalue weighted by Gasteiger charge is -2.17. The molecule has 0 saturated carbocycles. The smallest absolute Gasteiger partial charge is 0.171 e. The highest BCUT2D eigenvalue weighted by atomic mass is 35.5. The van der Waals surface area contributed by atoms with E-state index in [0.717, 1.165) is 24.4 Å². The monoisotopic (exact) mass is 241 g/mol. The summed E-state index contributed by atoms with van der Waals surface area (Å²) in [5, 5.41) is 3.73. The molecule has 2 unspecified atom stereocenters. The first-order valence-corrected chi connectivity index (χ1v) is 5.84. The normalized spacial score (nSPS) is 24.8. The molecule has 0 spiro atoms. The maximum Gasteiger partial charge on any atom is 0.171 e. The van der Waals surface area contributed by atoms with Crippen molar-refractivity contribution in [2.45, 2.75) is 39.3 Å². The van der Waals surface area contributed by atoms with E-state index in [4.69, 9.17) is 16.3 Å². The summed E-state index contributed by atoms with van der Waals surface area (Å²) < 4.78 is 5.48. The molecule has 4 nitrogen and oxygen atoms in total. The molecule has 1 aromatic heterocycles. The number of aromatic nitrogens is 2. The Kier molecular flexibility index (Phi) is 3.30. The third kappa shape index (κ3) is 2.28. The number of anilines is 1. The van der Waals surface area contributed by atoms with Crippen molar-refractivity contribution in [2.24, 2.45) is 0 Å². The van der Waals surface area contributed by atoms with E-state index in [1.54, 1.807) is 0 Å². The molecule has 2 atom stereocenters. The zero-order valence-corrected chi connectivity index (χ0v) is 10.5. The predicted molar refractivity (Wildman–Crippen MR) is 64.0 cm³/mol. The van der Waals surface area contributed by atoms with Crippen LogP contribution in [-0.4, -0.2) is 28.7 Å². The van der Waals surface area contributed by atoms with Crippen LogP contribution in [0.5, 0.6) is 0 Å². The third-order valence-corrected chi connectivity index (χ3v) is 3.23. The second-order valence-corrected chi connectivity index (χ2v) is 4.51. The molecule has 88 valence electrons. The summed E-state index contributed by atoms with van der Waals surface area (Å²) >= 11 is 6.05. The molecule has 1 fully saturated rings. The van der Waals surface area contributed by atoms with Gasteiger partial charge in [-0.3, -0.25) is 0 Å². The minimum absolute atomic E-state index is 0.194. The van der Waals surface area contributed by atoms with Gasteiger partial charge in [0.2, 0.25) is 0 Å². The van der Waals surface area contributed by atoms with Gasteiger partial charge in [0.15, 0.2) is 11.0 Å². The van der Waals surface area contributed by atoms with Gasteiger partial charge < -0.3 is 10.1 Å². The van der Waals surface area contributed by atoms with E-state index in [1.807, 2.05) is 20.8 Å². The minimum atomic E-state index is 0.194. The van der Waals surface area contributed by atoms with E-state index in [2.05, 4.69) is 15.3 Å². The number of hydrogen-bond donors (Lipinski definition) is 1. The second kappa shape index (κ2) is 4.55. The van der Waals surface area contributed by atoms with E-state index in [0.29, 0.717) is 11.0 Å². The summed E-state index contributed by atoms with van der Waals surface area (Å²) in [6.07, 6.45) is 1.17. The van der Waals surface area contributed by atoms with Gasteiger partial charge in [-0.1, -0.05) is 11.6 Å². The Morgan fingerprint density at radius 2 is 2.00 bits per heavy atom. The standard InChI is InChI=1S/C11H16ClN3O/c1-6-7(2)14-11(10(12)13-6)15-9-4-5-16-8(9)3/h8-9H,4-5H2,1-3H3,(H,14,15). The Balaban J connectivity index is 2.18. The number of hydrogen-bond acceptors (Lipinski definition) is 4. The van der Waals surface area contributed by atoms with Crippen LogP contribution in [0.25, 0.3) is 0 Å². The molecule has 2 rings (SSSR count). The third-order valence-electron chi connectivity index (χ3n) is 2.96. The van der Waals surface area contributed by atoms with Gasteiger partial charge in [0, 0.05) is 6.61 Å². The lowest BCUT2D eigenvalue weighted by Crippen LogP contribution is -2.27. The molecule has 0 aliphatic carbocycles. The molecule has 1 aromatic rings. The summed E-state index contributed by atoms with van der Waals surface area (Å²) in [5.74, 6) is 0.659. The lowest BCUT2D eigenvalue weighted by atomic mass is 10.1. The van der Waals surface area contributed by atoms with Crippen LogP contribution in [0.3, 0.4) is 0 Å². The van der Waals surface area contributed by atoms with Gasteiger partial charge in [-0.05, 0) is 27.2 Å². The van der Waals surface area contributed by atoms with Gasteiger partial charge in [-0.25, -0.2) is 9.97 Å². The van der Waals surface area contributed by atoms with Crippen molar-refractivity contribution >= 4 is 17.4 Å². The molecular formula is C11H16ClN3O. The van der Waals surface area contributed by atoms with Crippen LogP contribution < -0.4 is 5.32 Å². The van der Waals surface area contributed by atoms with Crippen molar-refractivity contribution in [3.05, 3.63) is 16.5 Å². The van der Waals surface area contributed by atoms with Crippen LogP contribution in [0.15, 0.2) is 0 Å². The first kappa shape index (κ1) is 11.6. The molecule has 5 heteroatoms. The molecule has 1 aliphatic rings. The highest BCUT2D eigenvalue weighted by molar-refractivity contribution is 6.31. The SMILES string of the molecule is Cc1nc(Cl)c(NC2CCOC2C)nc1C. The van der Waals surface area contributed by atoms with E-state index < -0.39 is 0 Å². The minimum Gasteiger partial charge on any atom is -0.376 e. The summed E-state index contributed by atoms with van der Waals surface area (Å²) in [6, 6.07) is 0.272. The number of aryl methyl sites for hydroxylation is 2. The van der Waals surface area contributed by atoms with E-state index >= 15 is 0 Å². The molecule has 1 aliphatic heterocycles. The molecular weight excluding hydrogens is 226 g/mol. The first-order valence-electron chi connectivity index (χ1n) is 5.47. The van der Waals surface area contributed by atoms with Crippen LogP contribution >= 0.6 is 11.6 Å². The van der Waals surface area contributed by atoms with Gasteiger partial charge in [-0.15, -0.1) is 0 Å². The Hall–Kier alpha value is -0.870. The Morgan fingerprint density at radius 1 is 1.31 bits per heavy atom. The number of ether oxygens (including phenoxy) is 1. The Labute approximate surface area is 100 Å². The van der Waals surface area contributed by atoms with Crippen molar-refractivity contribution in [1.82, 2.24) is 9.97 Å². The summed E-state index contributed by atoms with van der Waals surface area (Å²) in [7, 11) is 0. The highest BCUT2D eigenvalue weighted by Gasteiger charge is 2.25. The fourth-order valence-corrected chi connectivity index (χ4v) is 1.99. The lowest BCUT2D eigenvalue weighted by molar-refractivity contribution is 0.121. The van der Waals surface area contributed by atoms with Crippen molar-refractivity contribution in [3.63, 3.8) is 0 Å². The van der Waals surface area contributed by atoms with E-state index in [-0.39, 0.29) is 12.1 Å². The van der Waals surface area contributed by atoms with Crippen LogP contribution in [-0.2, 0) is 4.74 Å². The van der Waals surface area contributed by atoms with Crippen LogP contribution in [0.2, 0.25) is 5.15 Å². The largest absolute Gasteiger partial charge is 0.376 e. The van der Waals surface area contributed by atoms with Crippen LogP contribution in [0.1, 0.15) is 24.7 Å². The van der Waals surface area contributed by atoms with Crippen LogP contribution in [0, 0.1) is 13.8 Å². The maximum absolute atomic E-state index is 6.05. The number of rotatable bonds is 2. The highest BCUT2D eigenvalue weighted by Crippen LogP contribution is 2.23. The zero-order chi connectivity index (χ0) is 11.7. The van der Waals surface area contributed by atoms with Gasteiger partial charge in [-0.2, -0.15) is 0 Å². The number of nitrogens with one attached hydrogen (secondary N) is 1. The molecule has 16 heavy (non-hydrogen) atoms. The van der Waals surface area contributed by atoms with E-state index in [1.165, 1.54) is 0 Å². The quantitative estimate of drug-likeness (QED) is 0.864. The molecule has 0 amide bonds. The molecule has 2 heterocycles. The fraction of sp³-hybridized carbons (Fsp3) is 0.636. The van der Waals surface area contributed by atoms with Crippen molar-refractivity contribution < 1.29 is 4.74 Å². The van der Waals surface area contributed by atoms with Gasteiger partial charge in [0.25, 0.3) is 0 Å². The molecule has 0 radical (unpaired) electrons. The van der Waals surface area contributed by atoms with Crippen molar-refractivity contribution in [1.29, 1.82) is 0 Å². The van der Waals surface area contributed by atoms with Crippen LogP contribution in [0.4, 0.5) is 5.82 Å². The number of nitrogens with zero attached hydrogens (tertiary/aromatic N) is 2. The second-order valence-electron chi connectivity index (χ2n) is 4.15. The summed E-state index contributed by atoms with van der Waals surface area (Å²) in [4.78, 5) is 8.65. The molecule has 0 bridgehead atoms. The average molecular weight is 242 g/mol. The summed E-state index contributed by atoms with van der Waals surface area (Å²) in [5.41, 5.74) is 1.77. The molecule has 0 aromatic carbocycles. The fourth-order valence-electron chi connectivity index (χ4n) is 1.76. The Morgan fingerprint density at radius 3 is 2.62 bits per heavy atom.